The minimum atomic E-state index is -3.09. The van der Waals surface area contributed by atoms with Gasteiger partial charge in [-0.25, -0.2) is 13.2 Å². The topological polar surface area (TPSA) is 63.7 Å². The van der Waals surface area contributed by atoms with Crippen molar-refractivity contribution in [2.75, 3.05) is 19.3 Å². The van der Waals surface area contributed by atoms with Gasteiger partial charge in [-0.2, -0.15) is 0 Å². The Hall–Kier alpha value is -0.780. The van der Waals surface area contributed by atoms with Crippen LogP contribution in [0.2, 0.25) is 0 Å². The molecule has 0 aromatic heterocycles. The molecule has 17 heavy (non-hydrogen) atoms. The third-order valence-electron chi connectivity index (χ3n) is 2.64. The van der Waals surface area contributed by atoms with Gasteiger partial charge in [-0.15, -0.1) is 0 Å². The van der Waals surface area contributed by atoms with Crippen LogP contribution >= 0.6 is 0 Å². The number of nitrogens with zero attached hydrogens (tertiary/aromatic N) is 1. The fourth-order valence-corrected chi connectivity index (χ4v) is 2.83. The van der Waals surface area contributed by atoms with E-state index in [1.165, 1.54) is 11.2 Å². The Kier molecular flexibility index (Phi) is 4.06. The number of hydrogen-bond donors (Lipinski definition) is 0. The van der Waals surface area contributed by atoms with E-state index in [0.717, 1.165) is 0 Å². The second kappa shape index (κ2) is 4.84. The SMILES string of the molecule is CC(C)(C)OC(=O)N1CCC[C@H](S(C)(=O)=O)C1. The molecule has 1 heterocycles. The van der Waals surface area contributed by atoms with Gasteiger partial charge in [-0.1, -0.05) is 0 Å². The summed E-state index contributed by atoms with van der Waals surface area (Å²) in [6, 6.07) is 0. The van der Waals surface area contributed by atoms with Crippen molar-refractivity contribution < 1.29 is 17.9 Å². The van der Waals surface area contributed by atoms with Gasteiger partial charge in [0.2, 0.25) is 0 Å². The molecule has 0 unspecified atom stereocenters. The first-order valence-corrected chi connectivity index (χ1v) is 7.72. The van der Waals surface area contributed by atoms with Gasteiger partial charge in [0.15, 0.2) is 9.84 Å². The van der Waals surface area contributed by atoms with Crippen LogP contribution in [-0.4, -0.2) is 49.6 Å². The van der Waals surface area contributed by atoms with Crippen LogP contribution in [0.25, 0.3) is 0 Å². The Bertz CT molecular complexity index is 383. The first-order valence-electron chi connectivity index (χ1n) is 5.76. The smallest absolute Gasteiger partial charge is 0.410 e. The molecule has 0 aromatic rings. The van der Waals surface area contributed by atoms with Crippen LogP contribution in [0.4, 0.5) is 4.79 Å². The molecular formula is C11H21NO4S. The molecule has 0 aromatic carbocycles. The van der Waals surface area contributed by atoms with E-state index in [-0.39, 0.29) is 6.54 Å². The Labute approximate surface area is 103 Å². The summed E-state index contributed by atoms with van der Waals surface area (Å²) in [7, 11) is -3.09. The second-order valence-electron chi connectivity index (χ2n) is 5.52. The average molecular weight is 263 g/mol. The molecule has 0 radical (unpaired) electrons. The standard InChI is InChI=1S/C11H21NO4S/c1-11(2,3)16-10(13)12-7-5-6-9(8-12)17(4,14)15/h9H,5-8H2,1-4H3/t9-/m0/s1. The van der Waals surface area contributed by atoms with E-state index >= 15 is 0 Å². The zero-order valence-electron chi connectivity index (χ0n) is 10.9. The van der Waals surface area contributed by atoms with E-state index in [1.807, 2.05) is 0 Å². The highest BCUT2D eigenvalue weighted by Crippen LogP contribution is 2.19. The molecule has 1 aliphatic rings. The average Bonchev–Trinajstić information content (AvgIpc) is 2.14. The van der Waals surface area contributed by atoms with Gasteiger partial charge < -0.3 is 9.64 Å². The summed E-state index contributed by atoms with van der Waals surface area (Å²) in [5, 5.41) is -0.455. The quantitative estimate of drug-likeness (QED) is 0.718. The molecule has 0 N–H and O–H groups in total. The molecule has 100 valence electrons. The molecule has 1 fully saturated rings. The minimum Gasteiger partial charge on any atom is -0.444 e. The lowest BCUT2D eigenvalue weighted by atomic mass is 10.1. The van der Waals surface area contributed by atoms with Crippen LogP contribution in [0.1, 0.15) is 33.6 Å². The molecule has 0 saturated carbocycles. The lowest BCUT2D eigenvalue weighted by Gasteiger charge is -2.33. The normalized spacial score (nSPS) is 22.4. The van der Waals surface area contributed by atoms with E-state index < -0.39 is 26.8 Å². The molecule has 1 atom stereocenters. The maximum atomic E-state index is 11.8. The summed E-state index contributed by atoms with van der Waals surface area (Å²) in [5.41, 5.74) is -0.547. The van der Waals surface area contributed by atoms with Gasteiger partial charge in [0.05, 0.1) is 5.25 Å². The van der Waals surface area contributed by atoms with Crippen molar-refractivity contribution >= 4 is 15.9 Å². The highest BCUT2D eigenvalue weighted by Gasteiger charge is 2.31. The summed E-state index contributed by atoms with van der Waals surface area (Å²) in [4.78, 5) is 13.3. The van der Waals surface area contributed by atoms with Gasteiger partial charge in [-0.05, 0) is 33.6 Å². The number of carbonyl (C=O) groups excluding carboxylic acids is 1. The predicted molar refractivity (Wildman–Crippen MR) is 65.7 cm³/mol. The van der Waals surface area contributed by atoms with Crippen molar-refractivity contribution in [2.24, 2.45) is 0 Å². The van der Waals surface area contributed by atoms with E-state index in [4.69, 9.17) is 4.74 Å². The zero-order valence-corrected chi connectivity index (χ0v) is 11.7. The fraction of sp³-hybridized carbons (Fsp3) is 0.909. The van der Waals surface area contributed by atoms with Crippen molar-refractivity contribution in [3.8, 4) is 0 Å². The third kappa shape index (κ3) is 4.53. The Morgan fingerprint density at radius 2 is 1.94 bits per heavy atom. The zero-order chi connectivity index (χ0) is 13.3. The highest BCUT2D eigenvalue weighted by atomic mass is 32.2. The number of carbonyl (C=O) groups is 1. The van der Waals surface area contributed by atoms with E-state index in [9.17, 15) is 13.2 Å². The molecule has 0 spiro atoms. The summed E-state index contributed by atoms with van der Waals surface area (Å²) >= 11 is 0. The highest BCUT2D eigenvalue weighted by molar-refractivity contribution is 7.91. The maximum Gasteiger partial charge on any atom is 0.410 e. The summed E-state index contributed by atoms with van der Waals surface area (Å²) < 4.78 is 28.2. The predicted octanol–water partition coefficient (Wildman–Crippen LogP) is 1.43. The number of likely N-dealkylation sites (tertiary alicyclic amines) is 1. The van der Waals surface area contributed by atoms with Gasteiger partial charge in [0.25, 0.3) is 0 Å². The molecule has 6 heteroatoms. The molecule has 0 aliphatic carbocycles. The van der Waals surface area contributed by atoms with Gasteiger partial charge in [0, 0.05) is 19.3 Å². The van der Waals surface area contributed by atoms with Crippen LogP contribution in [0.5, 0.6) is 0 Å². The Balaban J connectivity index is 2.64. The van der Waals surface area contributed by atoms with Crippen LogP contribution < -0.4 is 0 Å². The van der Waals surface area contributed by atoms with Crippen LogP contribution in [-0.2, 0) is 14.6 Å². The lowest BCUT2D eigenvalue weighted by molar-refractivity contribution is 0.0219. The van der Waals surface area contributed by atoms with E-state index in [0.29, 0.717) is 19.4 Å². The number of rotatable bonds is 1. The Morgan fingerprint density at radius 1 is 1.35 bits per heavy atom. The molecular weight excluding hydrogens is 242 g/mol. The van der Waals surface area contributed by atoms with Crippen molar-refractivity contribution in [3.05, 3.63) is 0 Å². The maximum absolute atomic E-state index is 11.8. The molecule has 1 amide bonds. The minimum absolute atomic E-state index is 0.244. The Morgan fingerprint density at radius 3 is 2.41 bits per heavy atom. The van der Waals surface area contributed by atoms with Crippen LogP contribution in [0.15, 0.2) is 0 Å². The first-order chi connectivity index (χ1) is 7.59. The summed E-state index contributed by atoms with van der Waals surface area (Å²) in [6.07, 6.45) is 2.12. The molecule has 0 bridgehead atoms. The lowest BCUT2D eigenvalue weighted by Crippen LogP contribution is -2.46. The third-order valence-corrected chi connectivity index (χ3v) is 4.23. The van der Waals surface area contributed by atoms with Crippen molar-refractivity contribution in [3.63, 3.8) is 0 Å². The van der Waals surface area contributed by atoms with Crippen molar-refractivity contribution in [2.45, 2.75) is 44.5 Å². The second-order valence-corrected chi connectivity index (χ2v) is 7.85. The first kappa shape index (κ1) is 14.3. The summed E-state index contributed by atoms with van der Waals surface area (Å²) in [5.74, 6) is 0. The van der Waals surface area contributed by atoms with Gasteiger partial charge in [0.1, 0.15) is 5.60 Å². The number of amides is 1. The van der Waals surface area contributed by atoms with Crippen molar-refractivity contribution in [1.82, 2.24) is 4.90 Å². The number of sulfone groups is 1. The van der Waals surface area contributed by atoms with E-state index in [2.05, 4.69) is 0 Å². The molecule has 1 saturated heterocycles. The molecule has 1 rings (SSSR count). The van der Waals surface area contributed by atoms with Crippen molar-refractivity contribution in [1.29, 1.82) is 0 Å². The van der Waals surface area contributed by atoms with Gasteiger partial charge >= 0.3 is 6.09 Å². The monoisotopic (exact) mass is 263 g/mol. The largest absolute Gasteiger partial charge is 0.444 e. The molecule has 5 nitrogen and oxygen atoms in total. The number of piperidine rings is 1. The van der Waals surface area contributed by atoms with Gasteiger partial charge in [-0.3, -0.25) is 0 Å². The summed E-state index contributed by atoms with van der Waals surface area (Å²) in [6.45, 7) is 6.20. The van der Waals surface area contributed by atoms with Crippen LogP contribution in [0, 0.1) is 0 Å². The number of hydrogen-bond acceptors (Lipinski definition) is 4. The van der Waals surface area contributed by atoms with Crippen LogP contribution in [0.3, 0.4) is 0 Å². The van der Waals surface area contributed by atoms with E-state index in [1.54, 1.807) is 20.8 Å². The fourth-order valence-electron chi connectivity index (χ4n) is 1.78. The molecule has 1 aliphatic heterocycles. The number of ether oxygens (including phenoxy) is 1.